The number of ether oxygens (including phenoxy) is 1. The van der Waals surface area contributed by atoms with E-state index >= 15 is 0 Å². The van der Waals surface area contributed by atoms with E-state index in [-0.39, 0.29) is 18.0 Å². The Morgan fingerprint density at radius 3 is 2.78 bits per heavy atom. The molecule has 0 spiro atoms. The largest absolute Gasteiger partial charge is 0.491 e. The summed E-state index contributed by atoms with van der Waals surface area (Å²) in [4.78, 5) is 42.2. The summed E-state index contributed by atoms with van der Waals surface area (Å²) in [5.74, 6) is 0.376. The monoisotopic (exact) mass is 391 g/mol. The molecule has 0 aliphatic heterocycles. The number of Topliss-reactive ketones (excluding diaryl/α,β-unsaturated/α-hetero) is 1. The number of nitrogens with two attached hydrogens (primary N) is 1. The molecule has 0 amide bonds. The van der Waals surface area contributed by atoms with Gasteiger partial charge in [0.15, 0.2) is 17.2 Å². The summed E-state index contributed by atoms with van der Waals surface area (Å²) in [5, 5.41) is 0. The van der Waals surface area contributed by atoms with Crippen LogP contribution in [-0.4, -0.2) is 41.7 Å². The van der Waals surface area contributed by atoms with Gasteiger partial charge in [-0.05, 0) is 24.6 Å². The van der Waals surface area contributed by atoms with Crippen LogP contribution in [0.1, 0.15) is 22.8 Å². The van der Waals surface area contributed by atoms with Crippen LogP contribution in [0.25, 0.3) is 11.2 Å². The minimum absolute atomic E-state index is 0.230. The van der Waals surface area contributed by atoms with E-state index in [4.69, 9.17) is 20.3 Å². The van der Waals surface area contributed by atoms with E-state index in [2.05, 4.69) is 15.0 Å². The van der Waals surface area contributed by atoms with Gasteiger partial charge in [-0.25, -0.2) is 15.0 Å². The van der Waals surface area contributed by atoms with Gasteiger partial charge < -0.3 is 24.8 Å². The highest BCUT2D eigenvalue weighted by Gasteiger charge is 2.17. The minimum atomic E-state index is -4.22. The molecule has 2 heterocycles. The average molecular weight is 391 g/mol. The summed E-state index contributed by atoms with van der Waals surface area (Å²) in [7, 11) is -4.22. The van der Waals surface area contributed by atoms with E-state index in [1.165, 1.54) is 31.5 Å². The van der Waals surface area contributed by atoms with Gasteiger partial charge in [-0.15, -0.1) is 0 Å². The second-order valence-electron chi connectivity index (χ2n) is 5.93. The lowest BCUT2D eigenvalue weighted by molar-refractivity contribution is 0.101. The van der Waals surface area contributed by atoms with Crippen LogP contribution < -0.4 is 10.5 Å². The van der Waals surface area contributed by atoms with Gasteiger partial charge in [0.1, 0.15) is 24.2 Å². The maximum atomic E-state index is 11.9. The molecule has 3 rings (SSSR count). The first-order valence-corrected chi connectivity index (χ1v) is 9.77. The lowest BCUT2D eigenvalue weighted by atomic mass is 10.1. The van der Waals surface area contributed by atoms with Gasteiger partial charge in [-0.1, -0.05) is 6.07 Å². The number of carbonyl (C=O) groups excluding carboxylic acids is 1. The van der Waals surface area contributed by atoms with Crippen molar-refractivity contribution >= 4 is 30.4 Å². The van der Waals surface area contributed by atoms with Crippen LogP contribution in [0.4, 0.5) is 5.82 Å². The topological polar surface area (TPSA) is 153 Å². The molecule has 0 radical (unpaired) electrons. The van der Waals surface area contributed by atoms with Crippen LogP contribution in [0.15, 0.2) is 30.9 Å². The van der Waals surface area contributed by atoms with Gasteiger partial charge in [-0.2, -0.15) is 0 Å². The Morgan fingerprint density at radius 1 is 1.30 bits per heavy atom. The molecule has 142 valence electrons. The zero-order chi connectivity index (χ0) is 19.6. The highest BCUT2D eigenvalue weighted by atomic mass is 31.2. The fraction of sp³-hybridized carbons (Fsp3) is 0.250. The van der Waals surface area contributed by atoms with Crippen LogP contribution in [0, 0.1) is 0 Å². The Bertz CT molecular complexity index is 1040. The number of benzene rings is 1. The number of rotatable bonds is 7. The van der Waals surface area contributed by atoms with Crippen molar-refractivity contribution in [1.29, 1.82) is 0 Å². The summed E-state index contributed by atoms with van der Waals surface area (Å²) >= 11 is 0. The van der Waals surface area contributed by atoms with Crippen LogP contribution in [-0.2, 0) is 17.3 Å². The Kier molecular flexibility index (Phi) is 5.22. The Labute approximate surface area is 154 Å². The lowest BCUT2D eigenvalue weighted by Crippen LogP contribution is -2.10. The molecule has 3 aromatic rings. The Balaban J connectivity index is 1.74. The zero-order valence-electron chi connectivity index (χ0n) is 14.4. The summed E-state index contributed by atoms with van der Waals surface area (Å²) in [6.45, 7) is 2.01. The molecule has 0 saturated heterocycles. The molecule has 0 unspecified atom stereocenters. The summed E-state index contributed by atoms with van der Waals surface area (Å²) in [5.41, 5.74) is 7.47. The van der Waals surface area contributed by atoms with Crippen molar-refractivity contribution in [3.8, 4) is 5.75 Å². The highest BCUT2D eigenvalue weighted by molar-refractivity contribution is 7.50. The van der Waals surface area contributed by atoms with Crippen LogP contribution in [0.2, 0.25) is 0 Å². The molecule has 10 nitrogen and oxygen atoms in total. The standard InChI is InChI=1S/C16H18N5O5P/c1-10(22)12-6-11(7-27(23,24)25)2-3-13(12)26-5-4-21-9-20-14-15(17)18-8-19-16(14)21/h2-3,6,8-9H,4-5,7H2,1H3,(H2,17,18,19)(H2,23,24,25). The fourth-order valence-corrected chi connectivity index (χ4v) is 3.30. The number of anilines is 1. The molecular formula is C16H18N5O5P. The second-order valence-corrected chi connectivity index (χ2v) is 7.57. The number of imidazole rings is 1. The first-order chi connectivity index (χ1) is 12.7. The van der Waals surface area contributed by atoms with Crippen molar-refractivity contribution in [1.82, 2.24) is 19.5 Å². The third kappa shape index (κ3) is 4.48. The van der Waals surface area contributed by atoms with Crippen molar-refractivity contribution in [2.75, 3.05) is 12.3 Å². The van der Waals surface area contributed by atoms with Crippen molar-refractivity contribution in [3.63, 3.8) is 0 Å². The third-order valence-corrected chi connectivity index (χ3v) is 4.61. The number of nitrogens with zero attached hydrogens (tertiary/aromatic N) is 4. The molecular weight excluding hydrogens is 373 g/mol. The Hall–Kier alpha value is -2.81. The molecule has 0 atom stereocenters. The quantitative estimate of drug-likeness (QED) is 0.400. The van der Waals surface area contributed by atoms with Gasteiger partial charge >= 0.3 is 7.60 Å². The first-order valence-electron chi connectivity index (χ1n) is 7.97. The molecule has 1 aromatic carbocycles. The Morgan fingerprint density at radius 2 is 2.07 bits per heavy atom. The highest BCUT2D eigenvalue weighted by Crippen LogP contribution is 2.39. The van der Waals surface area contributed by atoms with Crippen LogP contribution in [0.5, 0.6) is 5.75 Å². The molecule has 4 N–H and O–H groups in total. The summed E-state index contributed by atoms with van der Waals surface area (Å²) in [6, 6.07) is 4.51. The predicted octanol–water partition coefficient (Wildman–Crippen LogP) is 1.37. The van der Waals surface area contributed by atoms with Crippen molar-refractivity contribution in [2.45, 2.75) is 19.6 Å². The van der Waals surface area contributed by atoms with E-state index in [0.29, 0.717) is 34.8 Å². The summed E-state index contributed by atoms with van der Waals surface area (Å²) < 4.78 is 18.6. The number of hydrogen-bond acceptors (Lipinski definition) is 7. The first kappa shape index (κ1) is 19.0. The van der Waals surface area contributed by atoms with Gasteiger partial charge in [0.25, 0.3) is 0 Å². The lowest BCUT2D eigenvalue weighted by Gasteiger charge is -2.12. The molecule has 0 aliphatic rings. The number of hydrogen-bond donors (Lipinski definition) is 3. The molecule has 0 bridgehead atoms. The second kappa shape index (κ2) is 7.43. The van der Waals surface area contributed by atoms with Crippen molar-refractivity contribution < 1.29 is 23.9 Å². The van der Waals surface area contributed by atoms with Crippen molar-refractivity contribution in [2.24, 2.45) is 0 Å². The van der Waals surface area contributed by atoms with Gasteiger partial charge in [-0.3, -0.25) is 9.36 Å². The van der Waals surface area contributed by atoms with E-state index < -0.39 is 13.8 Å². The third-order valence-electron chi connectivity index (χ3n) is 3.83. The SMILES string of the molecule is CC(=O)c1cc(CP(=O)(O)O)ccc1OCCn1cnc2c(N)ncnc21. The maximum absolute atomic E-state index is 11.9. The minimum Gasteiger partial charge on any atom is -0.491 e. The van der Waals surface area contributed by atoms with Gasteiger partial charge in [0.2, 0.25) is 0 Å². The zero-order valence-corrected chi connectivity index (χ0v) is 15.3. The van der Waals surface area contributed by atoms with E-state index in [9.17, 15) is 9.36 Å². The van der Waals surface area contributed by atoms with E-state index in [1.807, 2.05) is 0 Å². The van der Waals surface area contributed by atoms with E-state index in [1.54, 1.807) is 10.9 Å². The number of carbonyl (C=O) groups is 1. The number of nitrogen functional groups attached to an aromatic ring is 1. The molecule has 27 heavy (non-hydrogen) atoms. The average Bonchev–Trinajstić information content (AvgIpc) is 2.99. The number of aromatic nitrogens is 4. The maximum Gasteiger partial charge on any atom is 0.329 e. The smallest absolute Gasteiger partial charge is 0.329 e. The van der Waals surface area contributed by atoms with Crippen LogP contribution >= 0.6 is 7.60 Å². The van der Waals surface area contributed by atoms with E-state index in [0.717, 1.165) is 0 Å². The molecule has 0 saturated carbocycles. The van der Waals surface area contributed by atoms with Crippen LogP contribution in [0.3, 0.4) is 0 Å². The molecule has 0 aliphatic carbocycles. The predicted molar refractivity (Wildman–Crippen MR) is 97.4 cm³/mol. The van der Waals surface area contributed by atoms with Gasteiger partial charge in [0, 0.05) is 0 Å². The summed E-state index contributed by atoms with van der Waals surface area (Å²) in [6.07, 6.45) is 2.49. The van der Waals surface area contributed by atoms with Crippen molar-refractivity contribution in [3.05, 3.63) is 42.0 Å². The molecule has 11 heteroatoms. The molecule has 0 fully saturated rings. The molecule has 2 aromatic heterocycles. The number of ketones is 1. The normalized spacial score (nSPS) is 11.7. The van der Waals surface area contributed by atoms with Gasteiger partial charge in [0.05, 0.1) is 24.6 Å². The fourth-order valence-electron chi connectivity index (χ4n) is 2.63. The number of fused-ring (bicyclic) bond motifs is 1.